The van der Waals surface area contributed by atoms with Gasteiger partial charge in [-0.1, -0.05) is 25.1 Å². The molecule has 0 bridgehead atoms. The smallest absolute Gasteiger partial charge is 0.345 e. The van der Waals surface area contributed by atoms with Crippen molar-refractivity contribution in [2.24, 2.45) is 0 Å². The molecule has 2 rings (SSSR count). The van der Waals surface area contributed by atoms with Gasteiger partial charge in [0.2, 0.25) is 0 Å². The molecule has 0 saturated carbocycles. The number of anilines is 1. The third-order valence-corrected chi connectivity index (χ3v) is 3.80. The zero-order chi connectivity index (χ0) is 20.5. The summed E-state index contributed by atoms with van der Waals surface area (Å²) in [4.78, 5) is 41.2. The molecule has 0 fully saturated rings. The number of hydrogen-bond acceptors (Lipinski definition) is 6. The lowest BCUT2D eigenvalue weighted by molar-refractivity contribution is -0.140. The third kappa shape index (κ3) is 5.03. The van der Waals surface area contributed by atoms with Crippen LogP contribution in [0, 0.1) is 0 Å². The van der Waals surface area contributed by atoms with Crippen LogP contribution in [-0.4, -0.2) is 34.4 Å². The number of nitrogens with one attached hydrogen (secondary N) is 1. The van der Waals surface area contributed by atoms with Crippen molar-refractivity contribution in [3.05, 3.63) is 65.4 Å². The Kier molecular flexibility index (Phi) is 7.45. The van der Waals surface area contributed by atoms with Gasteiger partial charge in [-0.2, -0.15) is 0 Å². The van der Waals surface area contributed by atoms with Gasteiger partial charge in [-0.25, -0.2) is 9.78 Å². The van der Waals surface area contributed by atoms with Crippen LogP contribution in [0.25, 0.3) is 5.76 Å². The Labute approximate surface area is 163 Å². The highest BCUT2D eigenvalue weighted by atomic mass is 16.5. The number of aliphatic hydroxyl groups is 1. The lowest BCUT2D eigenvalue weighted by Gasteiger charge is -2.13. The van der Waals surface area contributed by atoms with Gasteiger partial charge in [0.25, 0.3) is 5.91 Å². The molecule has 0 atom stereocenters. The molecule has 28 heavy (non-hydrogen) atoms. The molecular formula is C21H22N2O5. The number of carbonyl (C=O) groups excluding carboxylic acids is 3. The first-order valence-electron chi connectivity index (χ1n) is 8.94. The molecule has 2 N–H and O–H groups in total. The van der Waals surface area contributed by atoms with Crippen LogP contribution in [0.4, 0.5) is 5.82 Å². The van der Waals surface area contributed by atoms with Crippen LogP contribution < -0.4 is 5.32 Å². The normalized spacial score (nSPS) is 11.4. The van der Waals surface area contributed by atoms with Crippen LogP contribution in [0.15, 0.2) is 54.2 Å². The maximum absolute atomic E-state index is 12.4. The molecule has 0 aliphatic heterocycles. The van der Waals surface area contributed by atoms with Gasteiger partial charge in [0.1, 0.15) is 17.2 Å². The lowest BCUT2D eigenvalue weighted by atomic mass is 10.0. The van der Waals surface area contributed by atoms with Crippen molar-refractivity contribution in [2.75, 3.05) is 11.9 Å². The number of aromatic nitrogens is 1. The predicted molar refractivity (Wildman–Crippen MR) is 105 cm³/mol. The number of benzene rings is 1. The molecule has 0 unspecified atom stereocenters. The van der Waals surface area contributed by atoms with Crippen molar-refractivity contribution in [3.63, 3.8) is 0 Å². The van der Waals surface area contributed by atoms with Crippen molar-refractivity contribution >= 4 is 29.2 Å². The number of Topliss-reactive ketones (excluding diaryl/α,β-unsaturated/α-hetero) is 1. The van der Waals surface area contributed by atoms with Crippen LogP contribution in [0.1, 0.15) is 42.6 Å². The zero-order valence-corrected chi connectivity index (χ0v) is 15.8. The van der Waals surface area contributed by atoms with Gasteiger partial charge < -0.3 is 15.2 Å². The van der Waals surface area contributed by atoms with E-state index in [0.29, 0.717) is 12.0 Å². The molecule has 0 spiro atoms. The molecule has 1 amide bonds. The average molecular weight is 382 g/mol. The molecular weight excluding hydrogens is 360 g/mol. The van der Waals surface area contributed by atoms with Crippen molar-refractivity contribution in [2.45, 2.75) is 26.7 Å². The molecule has 2 aromatic rings. The highest BCUT2D eigenvalue weighted by Crippen LogP contribution is 2.25. The van der Waals surface area contributed by atoms with E-state index >= 15 is 0 Å². The van der Waals surface area contributed by atoms with E-state index in [4.69, 9.17) is 4.74 Å². The second-order valence-electron chi connectivity index (χ2n) is 5.84. The number of nitrogens with zero attached hydrogens (tertiary/aromatic N) is 1. The van der Waals surface area contributed by atoms with Crippen molar-refractivity contribution < 1.29 is 24.2 Å². The highest BCUT2D eigenvalue weighted by molar-refractivity contribution is 6.22. The second kappa shape index (κ2) is 10.0. The number of hydrogen-bond donors (Lipinski definition) is 2. The van der Waals surface area contributed by atoms with E-state index in [1.165, 1.54) is 18.3 Å². The monoisotopic (exact) mass is 382 g/mol. The van der Waals surface area contributed by atoms with Gasteiger partial charge in [0.05, 0.1) is 12.2 Å². The minimum absolute atomic E-state index is 0.0277. The van der Waals surface area contributed by atoms with E-state index in [0.717, 1.165) is 0 Å². The standard InChI is InChI=1S/C21H22N2O5/c1-3-9-16(24)17(21(27)28-4-2)18(25)15-12-8-13-22-19(15)23-20(26)14-10-6-5-7-11-14/h5-8,10-13,25H,3-4,9H2,1-2H3,(H,22,23,26)/b18-17+. The Hall–Kier alpha value is -3.48. The molecule has 0 radical (unpaired) electrons. The minimum atomic E-state index is -0.914. The van der Waals surface area contributed by atoms with Gasteiger partial charge in [-0.15, -0.1) is 0 Å². The summed E-state index contributed by atoms with van der Waals surface area (Å²) in [6, 6.07) is 11.5. The van der Waals surface area contributed by atoms with E-state index in [9.17, 15) is 19.5 Å². The fourth-order valence-corrected chi connectivity index (χ4v) is 2.50. The Bertz CT molecular complexity index is 871. The molecule has 0 aliphatic carbocycles. The first kappa shape index (κ1) is 20.8. The maximum atomic E-state index is 12.4. The number of amides is 1. The Morgan fingerprint density at radius 2 is 1.79 bits per heavy atom. The van der Waals surface area contributed by atoms with Crippen molar-refractivity contribution in [1.82, 2.24) is 4.98 Å². The molecule has 146 valence electrons. The van der Waals surface area contributed by atoms with Gasteiger partial charge in [0.15, 0.2) is 5.78 Å². The molecule has 7 nitrogen and oxygen atoms in total. The quantitative estimate of drug-likeness (QED) is 0.238. The van der Waals surface area contributed by atoms with Crippen molar-refractivity contribution in [3.8, 4) is 0 Å². The summed E-state index contributed by atoms with van der Waals surface area (Å²) >= 11 is 0. The Morgan fingerprint density at radius 3 is 2.43 bits per heavy atom. The van der Waals surface area contributed by atoms with Gasteiger partial charge in [-0.3, -0.25) is 9.59 Å². The number of aliphatic hydroxyl groups excluding tert-OH is 1. The van der Waals surface area contributed by atoms with Crippen LogP contribution in [0.5, 0.6) is 0 Å². The predicted octanol–water partition coefficient (Wildman–Crippen LogP) is 3.54. The highest BCUT2D eigenvalue weighted by Gasteiger charge is 2.26. The topological polar surface area (TPSA) is 106 Å². The summed E-state index contributed by atoms with van der Waals surface area (Å²) in [6.45, 7) is 3.44. The fourth-order valence-electron chi connectivity index (χ4n) is 2.50. The van der Waals surface area contributed by atoms with Gasteiger partial charge in [0, 0.05) is 18.2 Å². The van der Waals surface area contributed by atoms with E-state index in [1.807, 2.05) is 0 Å². The van der Waals surface area contributed by atoms with E-state index < -0.39 is 29.0 Å². The molecule has 0 aliphatic rings. The largest absolute Gasteiger partial charge is 0.506 e. The van der Waals surface area contributed by atoms with Crippen LogP contribution in [-0.2, 0) is 14.3 Å². The number of carbonyl (C=O) groups is 3. The first-order chi connectivity index (χ1) is 13.5. The summed E-state index contributed by atoms with van der Waals surface area (Å²) in [5.74, 6) is -2.44. The lowest BCUT2D eigenvalue weighted by Crippen LogP contribution is -2.19. The molecule has 7 heteroatoms. The summed E-state index contributed by atoms with van der Waals surface area (Å²) in [5.41, 5.74) is 0.00134. The average Bonchev–Trinajstić information content (AvgIpc) is 2.69. The third-order valence-electron chi connectivity index (χ3n) is 3.80. The SMILES string of the molecule is CCCC(=O)/C(C(=O)OCC)=C(\O)c1cccnc1NC(=O)c1ccccc1. The number of ether oxygens (including phenoxy) is 1. The molecule has 1 aromatic carbocycles. The summed E-state index contributed by atoms with van der Waals surface area (Å²) < 4.78 is 4.92. The zero-order valence-electron chi connectivity index (χ0n) is 15.8. The second-order valence-corrected chi connectivity index (χ2v) is 5.84. The van der Waals surface area contributed by atoms with Gasteiger partial charge in [-0.05, 0) is 37.6 Å². The van der Waals surface area contributed by atoms with E-state index in [-0.39, 0.29) is 24.4 Å². The van der Waals surface area contributed by atoms with Crippen LogP contribution in [0.2, 0.25) is 0 Å². The van der Waals surface area contributed by atoms with E-state index in [2.05, 4.69) is 10.3 Å². The van der Waals surface area contributed by atoms with Gasteiger partial charge >= 0.3 is 5.97 Å². The van der Waals surface area contributed by atoms with Crippen LogP contribution in [0.3, 0.4) is 0 Å². The van der Waals surface area contributed by atoms with Crippen molar-refractivity contribution in [1.29, 1.82) is 0 Å². The Balaban J connectivity index is 2.46. The molecule has 0 saturated heterocycles. The fraction of sp³-hybridized carbons (Fsp3) is 0.238. The number of esters is 1. The summed E-state index contributed by atoms with van der Waals surface area (Å²) in [6.07, 6.45) is 2.00. The summed E-state index contributed by atoms with van der Waals surface area (Å²) in [7, 11) is 0. The van der Waals surface area contributed by atoms with E-state index in [1.54, 1.807) is 44.2 Å². The van der Waals surface area contributed by atoms with Crippen LogP contribution >= 0.6 is 0 Å². The molecule has 1 aromatic heterocycles. The minimum Gasteiger partial charge on any atom is -0.506 e. The Morgan fingerprint density at radius 1 is 1.07 bits per heavy atom. The number of rotatable bonds is 8. The number of pyridine rings is 1. The molecule has 1 heterocycles. The maximum Gasteiger partial charge on any atom is 0.345 e. The number of ketones is 1. The first-order valence-corrected chi connectivity index (χ1v) is 8.94. The summed E-state index contributed by atoms with van der Waals surface area (Å²) in [5, 5.41) is 13.3.